The number of aromatic hydroxyl groups is 1. The van der Waals surface area contributed by atoms with Crippen LogP contribution in [0.25, 0.3) is 11.2 Å². The summed E-state index contributed by atoms with van der Waals surface area (Å²) in [5.41, 5.74) is 0.398. The smallest absolute Gasteiger partial charge is 0.270 e. The van der Waals surface area contributed by atoms with Gasteiger partial charge in [0.25, 0.3) is 5.69 Å². The molecule has 1 unspecified atom stereocenters. The number of aliphatic hydroxyl groups is 1. The summed E-state index contributed by atoms with van der Waals surface area (Å²) in [7, 11) is 0. The number of hydrogen-bond donors (Lipinski definition) is 4. The van der Waals surface area contributed by atoms with E-state index in [-0.39, 0.29) is 24.0 Å². The molecular weight excluding hydrogens is 402 g/mol. The highest BCUT2D eigenvalue weighted by Crippen LogP contribution is 2.27. The van der Waals surface area contributed by atoms with E-state index < -0.39 is 10.5 Å². The molecule has 0 fully saturated rings. The summed E-state index contributed by atoms with van der Waals surface area (Å²) in [5, 5.41) is 37.8. The van der Waals surface area contributed by atoms with E-state index in [2.05, 4.69) is 25.6 Å². The van der Waals surface area contributed by atoms with Gasteiger partial charge < -0.3 is 25.4 Å². The molecule has 0 radical (unpaired) electrons. The van der Waals surface area contributed by atoms with Crippen molar-refractivity contribution in [3.8, 4) is 5.75 Å². The maximum Gasteiger partial charge on any atom is 0.270 e. The van der Waals surface area contributed by atoms with Crippen LogP contribution in [0.1, 0.15) is 39.7 Å². The average Bonchev–Trinajstić information content (AvgIpc) is 3.13. The number of nitrogens with one attached hydrogen (secondary N) is 2. The molecule has 0 aliphatic rings. The van der Waals surface area contributed by atoms with Gasteiger partial charge in [0.05, 0.1) is 22.9 Å². The highest BCUT2D eigenvalue weighted by Gasteiger charge is 2.26. The van der Waals surface area contributed by atoms with Crippen LogP contribution in [0.2, 0.25) is 0 Å². The van der Waals surface area contributed by atoms with Crippen molar-refractivity contribution in [3.63, 3.8) is 0 Å². The van der Waals surface area contributed by atoms with Gasteiger partial charge in [0.15, 0.2) is 17.0 Å². The zero-order chi connectivity index (χ0) is 22.8. The first-order valence-electron chi connectivity index (χ1n) is 10.1. The molecule has 11 heteroatoms. The van der Waals surface area contributed by atoms with Gasteiger partial charge in [-0.2, -0.15) is 9.97 Å². The van der Waals surface area contributed by atoms with Crippen LogP contribution >= 0.6 is 0 Å². The fourth-order valence-electron chi connectivity index (χ4n) is 3.30. The Bertz CT molecular complexity index is 1090. The molecule has 0 saturated heterocycles. The van der Waals surface area contributed by atoms with Gasteiger partial charge in [0.2, 0.25) is 5.95 Å². The number of benzene rings is 1. The van der Waals surface area contributed by atoms with Crippen molar-refractivity contribution >= 4 is 28.6 Å². The number of fused-ring (bicyclic) bond motifs is 1. The lowest BCUT2D eigenvalue weighted by atomic mass is 9.97. The van der Waals surface area contributed by atoms with Crippen molar-refractivity contribution in [1.82, 2.24) is 19.5 Å². The lowest BCUT2D eigenvalue weighted by Crippen LogP contribution is -2.41. The molecule has 0 saturated carbocycles. The third-order valence-corrected chi connectivity index (χ3v) is 5.09. The second kappa shape index (κ2) is 8.72. The first-order chi connectivity index (χ1) is 14.6. The highest BCUT2D eigenvalue weighted by atomic mass is 16.6. The molecule has 31 heavy (non-hydrogen) atoms. The molecule has 0 spiro atoms. The molecule has 4 N–H and O–H groups in total. The van der Waals surface area contributed by atoms with E-state index in [1.54, 1.807) is 20.2 Å². The van der Waals surface area contributed by atoms with E-state index in [0.717, 1.165) is 0 Å². The Hall–Kier alpha value is -3.47. The number of imidazole rings is 1. The number of phenols is 1. The molecule has 3 aromatic rings. The van der Waals surface area contributed by atoms with Gasteiger partial charge in [-0.3, -0.25) is 10.1 Å². The van der Waals surface area contributed by atoms with Gasteiger partial charge in [-0.05, 0) is 33.3 Å². The number of phenolic OH excluding ortho intramolecular Hbond substituents is 1. The molecule has 0 amide bonds. The van der Waals surface area contributed by atoms with Gasteiger partial charge in [0, 0.05) is 30.8 Å². The summed E-state index contributed by atoms with van der Waals surface area (Å²) >= 11 is 0. The van der Waals surface area contributed by atoms with E-state index in [1.807, 2.05) is 18.4 Å². The van der Waals surface area contributed by atoms with E-state index >= 15 is 0 Å². The number of rotatable bonds is 9. The summed E-state index contributed by atoms with van der Waals surface area (Å²) in [6, 6.07) is 3.57. The number of hydrogen-bond acceptors (Lipinski definition) is 9. The highest BCUT2D eigenvalue weighted by molar-refractivity contribution is 5.84. The molecule has 166 valence electrons. The van der Waals surface area contributed by atoms with E-state index in [0.29, 0.717) is 41.5 Å². The van der Waals surface area contributed by atoms with Crippen LogP contribution in [-0.2, 0) is 13.1 Å². The fraction of sp³-hybridized carbons (Fsp3) is 0.450. The zero-order valence-electron chi connectivity index (χ0n) is 18.0. The minimum atomic E-state index is -0.986. The van der Waals surface area contributed by atoms with E-state index in [9.17, 15) is 20.3 Å². The standard InChI is InChI=1S/C20H27N7O4/c1-5-15(20(3,4)29)23-19-24-17(16-18(25-19)26(6-2)11-22-16)21-10-12-9-13(27(30)31)7-8-14(12)28/h7-9,11,15,28-29H,5-6,10H2,1-4H3,(H2,21,23,24,25). The number of anilines is 2. The molecule has 1 aromatic carbocycles. The largest absolute Gasteiger partial charge is 0.508 e. The van der Waals surface area contributed by atoms with Crippen LogP contribution in [0.4, 0.5) is 17.5 Å². The Kier molecular flexibility index (Phi) is 6.25. The van der Waals surface area contributed by atoms with Crippen molar-refractivity contribution in [2.45, 2.75) is 58.8 Å². The lowest BCUT2D eigenvalue weighted by molar-refractivity contribution is -0.384. The van der Waals surface area contributed by atoms with Crippen LogP contribution < -0.4 is 10.6 Å². The minimum absolute atomic E-state index is 0.0612. The summed E-state index contributed by atoms with van der Waals surface area (Å²) < 4.78 is 1.86. The Labute approximate surface area is 179 Å². The van der Waals surface area contributed by atoms with Gasteiger partial charge in [-0.1, -0.05) is 6.92 Å². The molecule has 2 aromatic heterocycles. The lowest BCUT2D eigenvalue weighted by Gasteiger charge is -2.29. The van der Waals surface area contributed by atoms with Crippen LogP contribution in [0.15, 0.2) is 24.5 Å². The third-order valence-electron chi connectivity index (χ3n) is 5.09. The van der Waals surface area contributed by atoms with Crippen molar-refractivity contribution < 1.29 is 15.1 Å². The Balaban J connectivity index is 1.97. The number of nitro groups is 1. The maximum atomic E-state index is 11.0. The van der Waals surface area contributed by atoms with Gasteiger partial charge in [0.1, 0.15) is 5.75 Å². The van der Waals surface area contributed by atoms with Crippen LogP contribution in [0.5, 0.6) is 5.75 Å². The van der Waals surface area contributed by atoms with Crippen molar-refractivity contribution in [3.05, 3.63) is 40.2 Å². The second-order valence-corrected chi connectivity index (χ2v) is 7.78. The molecular formula is C20H27N7O4. The number of non-ortho nitro benzene ring substituents is 1. The Morgan fingerprint density at radius 3 is 2.65 bits per heavy atom. The fourth-order valence-corrected chi connectivity index (χ4v) is 3.30. The number of nitro benzene ring substituents is 1. The Morgan fingerprint density at radius 2 is 2.03 bits per heavy atom. The quantitative estimate of drug-likeness (QED) is 0.297. The Morgan fingerprint density at radius 1 is 1.29 bits per heavy atom. The zero-order valence-corrected chi connectivity index (χ0v) is 18.0. The predicted octanol–water partition coefficient (Wildman–Crippen LogP) is 3.03. The third kappa shape index (κ3) is 4.82. The molecule has 1 atom stereocenters. The summed E-state index contributed by atoms with van der Waals surface area (Å²) in [6.07, 6.45) is 2.31. The summed E-state index contributed by atoms with van der Waals surface area (Å²) in [5.74, 6) is 0.674. The van der Waals surface area contributed by atoms with E-state index in [4.69, 9.17) is 0 Å². The van der Waals surface area contributed by atoms with Crippen molar-refractivity contribution in [2.75, 3.05) is 10.6 Å². The second-order valence-electron chi connectivity index (χ2n) is 7.78. The summed E-state index contributed by atoms with van der Waals surface area (Å²) in [4.78, 5) is 24.0. The molecule has 0 aliphatic heterocycles. The number of aromatic nitrogens is 4. The molecule has 2 heterocycles. The molecule has 0 aliphatic carbocycles. The van der Waals surface area contributed by atoms with Gasteiger partial charge in [-0.15, -0.1) is 0 Å². The molecule has 3 rings (SSSR count). The monoisotopic (exact) mass is 429 g/mol. The normalized spacial score (nSPS) is 12.7. The summed E-state index contributed by atoms with van der Waals surface area (Å²) in [6.45, 7) is 8.10. The van der Waals surface area contributed by atoms with Crippen molar-refractivity contribution in [2.24, 2.45) is 0 Å². The minimum Gasteiger partial charge on any atom is -0.508 e. The predicted molar refractivity (Wildman–Crippen MR) is 117 cm³/mol. The topological polar surface area (TPSA) is 151 Å². The van der Waals surface area contributed by atoms with Gasteiger partial charge in [-0.25, -0.2) is 4.98 Å². The maximum absolute atomic E-state index is 11.0. The van der Waals surface area contributed by atoms with Crippen LogP contribution in [0.3, 0.4) is 0 Å². The number of nitrogens with zero attached hydrogens (tertiary/aromatic N) is 5. The van der Waals surface area contributed by atoms with Gasteiger partial charge >= 0.3 is 0 Å². The first-order valence-corrected chi connectivity index (χ1v) is 10.1. The van der Waals surface area contributed by atoms with Crippen LogP contribution in [-0.4, -0.2) is 46.3 Å². The molecule has 0 bridgehead atoms. The average molecular weight is 429 g/mol. The first kappa shape index (κ1) is 22.2. The SMILES string of the molecule is CCC(Nc1nc(NCc2cc([N+](=O)[O-])ccc2O)c2ncn(CC)c2n1)C(C)(C)O. The molecule has 11 nitrogen and oxygen atoms in total. The van der Waals surface area contributed by atoms with Crippen LogP contribution in [0, 0.1) is 10.1 Å². The van der Waals surface area contributed by atoms with Crippen molar-refractivity contribution in [1.29, 1.82) is 0 Å². The number of aryl methyl sites for hydroxylation is 1. The van der Waals surface area contributed by atoms with E-state index in [1.165, 1.54) is 18.2 Å².